The number of hydrogen-bond donors (Lipinski definition) is 3. The lowest BCUT2D eigenvalue weighted by Crippen LogP contribution is -2.27. The quantitative estimate of drug-likeness (QED) is 0.613. The Balaban J connectivity index is 2.43. The van der Waals surface area contributed by atoms with Gasteiger partial charge in [-0.25, -0.2) is 0 Å². The third kappa shape index (κ3) is 5.09. The Labute approximate surface area is 112 Å². The van der Waals surface area contributed by atoms with E-state index < -0.39 is 5.91 Å². The summed E-state index contributed by atoms with van der Waals surface area (Å²) in [5.41, 5.74) is 5.77. The number of aliphatic hydroxyl groups excluding tert-OH is 1. The van der Waals surface area contributed by atoms with Gasteiger partial charge in [0.1, 0.15) is 0 Å². The lowest BCUT2D eigenvalue weighted by Gasteiger charge is -2.07. The largest absolute Gasteiger partial charge is 0.396 e. The van der Waals surface area contributed by atoms with Crippen LogP contribution in [0.25, 0.3) is 0 Å². The highest BCUT2D eigenvalue weighted by Gasteiger charge is 2.13. The van der Waals surface area contributed by atoms with Crippen molar-refractivity contribution in [3.63, 3.8) is 0 Å². The monoisotopic (exact) mass is 264 g/mol. The molecule has 2 amide bonds. The molecule has 0 unspecified atom stereocenters. The molecule has 19 heavy (non-hydrogen) atoms. The Kier molecular flexibility index (Phi) is 6.60. The second-order valence-corrected chi connectivity index (χ2v) is 4.30. The maximum atomic E-state index is 11.9. The van der Waals surface area contributed by atoms with Crippen molar-refractivity contribution < 1.29 is 14.7 Å². The molecule has 0 aromatic heterocycles. The van der Waals surface area contributed by atoms with Gasteiger partial charge in [-0.3, -0.25) is 9.59 Å². The van der Waals surface area contributed by atoms with Crippen LogP contribution >= 0.6 is 0 Å². The fourth-order valence-electron chi connectivity index (χ4n) is 1.78. The van der Waals surface area contributed by atoms with Gasteiger partial charge >= 0.3 is 0 Å². The summed E-state index contributed by atoms with van der Waals surface area (Å²) in [6, 6.07) is 6.49. The van der Waals surface area contributed by atoms with Gasteiger partial charge < -0.3 is 16.2 Å². The molecule has 5 heteroatoms. The van der Waals surface area contributed by atoms with Crippen LogP contribution in [0.4, 0.5) is 0 Å². The standard InChI is InChI=1S/C14H20N2O3/c15-13(18)11-7-3-4-8-12(11)14(19)16-9-5-1-2-6-10-17/h3-4,7-8,17H,1-2,5-6,9-10H2,(H2,15,18)(H,16,19). The van der Waals surface area contributed by atoms with Crippen LogP contribution in [-0.2, 0) is 0 Å². The number of carbonyl (C=O) groups excluding carboxylic acids is 2. The molecule has 0 saturated heterocycles. The number of carbonyl (C=O) groups is 2. The maximum Gasteiger partial charge on any atom is 0.252 e. The summed E-state index contributed by atoms with van der Waals surface area (Å²) in [5, 5.41) is 11.4. The normalized spacial score (nSPS) is 10.2. The van der Waals surface area contributed by atoms with Crippen LogP contribution in [-0.4, -0.2) is 30.1 Å². The highest BCUT2D eigenvalue weighted by molar-refractivity contribution is 6.06. The molecule has 5 nitrogen and oxygen atoms in total. The van der Waals surface area contributed by atoms with E-state index in [1.807, 2.05) is 0 Å². The van der Waals surface area contributed by atoms with Gasteiger partial charge in [-0.1, -0.05) is 25.0 Å². The predicted molar refractivity (Wildman–Crippen MR) is 72.8 cm³/mol. The molecule has 1 aromatic rings. The lowest BCUT2D eigenvalue weighted by atomic mass is 10.1. The third-order valence-corrected chi connectivity index (χ3v) is 2.81. The number of aliphatic hydroxyl groups is 1. The Bertz CT molecular complexity index is 432. The first-order valence-electron chi connectivity index (χ1n) is 6.44. The molecule has 0 heterocycles. The van der Waals surface area contributed by atoms with E-state index in [-0.39, 0.29) is 18.1 Å². The third-order valence-electron chi connectivity index (χ3n) is 2.81. The van der Waals surface area contributed by atoms with Crippen LogP contribution in [0, 0.1) is 0 Å². The van der Waals surface area contributed by atoms with Gasteiger partial charge in [-0.2, -0.15) is 0 Å². The summed E-state index contributed by atoms with van der Waals surface area (Å²) in [6.07, 6.45) is 3.55. The summed E-state index contributed by atoms with van der Waals surface area (Å²) in [6.45, 7) is 0.760. The number of benzene rings is 1. The van der Waals surface area contributed by atoms with Crippen molar-refractivity contribution in [2.45, 2.75) is 25.7 Å². The Hall–Kier alpha value is -1.88. The molecular formula is C14H20N2O3. The fraction of sp³-hybridized carbons (Fsp3) is 0.429. The zero-order valence-corrected chi connectivity index (χ0v) is 10.9. The van der Waals surface area contributed by atoms with E-state index in [9.17, 15) is 9.59 Å². The first-order valence-corrected chi connectivity index (χ1v) is 6.44. The Morgan fingerprint density at radius 2 is 1.68 bits per heavy atom. The Morgan fingerprint density at radius 3 is 2.32 bits per heavy atom. The average Bonchev–Trinajstić information content (AvgIpc) is 2.42. The smallest absolute Gasteiger partial charge is 0.252 e. The second kappa shape index (κ2) is 8.26. The van der Waals surface area contributed by atoms with Gasteiger partial charge in [0.15, 0.2) is 0 Å². The van der Waals surface area contributed by atoms with Crippen molar-refractivity contribution in [1.29, 1.82) is 0 Å². The summed E-state index contributed by atoms with van der Waals surface area (Å²) in [5.74, 6) is -0.884. The van der Waals surface area contributed by atoms with Gasteiger partial charge in [-0.05, 0) is 25.0 Å². The van der Waals surface area contributed by atoms with E-state index in [1.165, 1.54) is 0 Å². The van der Waals surface area contributed by atoms with E-state index in [1.54, 1.807) is 24.3 Å². The zero-order valence-electron chi connectivity index (χ0n) is 10.9. The second-order valence-electron chi connectivity index (χ2n) is 4.30. The zero-order chi connectivity index (χ0) is 14.1. The van der Waals surface area contributed by atoms with Crippen LogP contribution in [0.3, 0.4) is 0 Å². The van der Waals surface area contributed by atoms with Crippen LogP contribution in [0.2, 0.25) is 0 Å². The molecule has 0 saturated carbocycles. The molecule has 0 radical (unpaired) electrons. The predicted octanol–water partition coefficient (Wildman–Crippen LogP) is 1.07. The first-order chi connectivity index (χ1) is 9.16. The van der Waals surface area contributed by atoms with Crippen molar-refractivity contribution in [2.24, 2.45) is 5.73 Å². The fourth-order valence-corrected chi connectivity index (χ4v) is 1.78. The molecule has 0 fully saturated rings. The van der Waals surface area contributed by atoms with Gasteiger partial charge in [0.25, 0.3) is 5.91 Å². The molecule has 0 aliphatic heterocycles. The van der Waals surface area contributed by atoms with Crippen molar-refractivity contribution in [2.75, 3.05) is 13.2 Å². The van der Waals surface area contributed by atoms with Crippen LogP contribution in [0.15, 0.2) is 24.3 Å². The van der Waals surface area contributed by atoms with E-state index in [0.29, 0.717) is 12.1 Å². The van der Waals surface area contributed by atoms with E-state index in [0.717, 1.165) is 25.7 Å². The summed E-state index contributed by atoms with van der Waals surface area (Å²) in [4.78, 5) is 23.1. The molecular weight excluding hydrogens is 244 g/mol. The Morgan fingerprint density at radius 1 is 1.05 bits per heavy atom. The average molecular weight is 264 g/mol. The molecule has 0 aliphatic carbocycles. The lowest BCUT2D eigenvalue weighted by molar-refractivity contribution is 0.0935. The minimum absolute atomic E-state index is 0.207. The molecule has 104 valence electrons. The summed E-state index contributed by atoms with van der Waals surface area (Å²) < 4.78 is 0. The van der Waals surface area contributed by atoms with Gasteiger partial charge in [0.2, 0.25) is 5.91 Å². The van der Waals surface area contributed by atoms with Crippen molar-refractivity contribution in [3.05, 3.63) is 35.4 Å². The SMILES string of the molecule is NC(=O)c1ccccc1C(=O)NCCCCCCO. The van der Waals surface area contributed by atoms with Crippen LogP contribution in [0.5, 0.6) is 0 Å². The van der Waals surface area contributed by atoms with E-state index in [4.69, 9.17) is 10.8 Å². The molecule has 0 bridgehead atoms. The number of nitrogens with one attached hydrogen (secondary N) is 1. The van der Waals surface area contributed by atoms with Crippen LogP contribution < -0.4 is 11.1 Å². The molecule has 0 spiro atoms. The highest BCUT2D eigenvalue weighted by atomic mass is 16.2. The van der Waals surface area contributed by atoms with E-state index >= 15 is 0 Å². The number of unbranched alkanes of at least 4 members (excludes halogenated alkanes) is 3. The topological polar surface area (TPSA) is 92.4 Å². The maximum absolute atomic E-state index is 11.9. The number of nitrogens with two attached hydrogens (primary N) is 1. The van der Waals surface area contributed by atoms with Crippen molar-refractivity contribution >= 4 is 11.8 Å². The number of primary amides is 1. The molecule has 0 atom stereocenters. The van der Waals surface area contributed by atoms with Gasteiger partial charge in [0, 0.05) is 13.2 Å². The van der Waals surface area contributed by atoms with E-state index in [2.05, 4.69) is 5.32 Å². The minimum Gasteiger partial charge on any atom is -0.396 e. The summed E-state index contributed by atoms with van der Waals surface area (Å²) >= 11 is 0. The van der Waals surface area contributed by atoms with Gasteiger partial charge in [-0.15, -0.1) is 0 Å². The first kappa shape index (κ1) is 15.2. The highest BCUT2D eigenvalue weighted by Crippen LogP contribution is 2.08. The summed E-state index contributed by atoms with van der Waals surface area (Å²) in [7, 11) is 0. The number of amides is 2. The van der Waals surface area contributed by atoms with Crippen LogP contribution in [0.1, 0.15) is 46.4 Å². The number of hydrogen-bond acceptors (Lipinski definition) is 3. The minimum atomic E-state index is -0.603. The van der Waals surface area contributed by atoms with Gasteiger partial charge in [0.05, 0.1) is 11.1 Å². The molecule has 0 aliphatic rings. The molecule has 4 N–H and O–H groups in total. The molecule has 1 aromatic carbocycles. The molecule has 1 rings (SSSR count). The number of rotatable bonds is 8. The van der Waals surface area contributed by atoms with Crippen molar-refractivity contribution in [3.8, 4) is 0 Å². The van der Waals surface area contributed by atoms with Crippen molar-refractivity contribution in [1.82, 2.24) is 5.32 Å².